The molecule has 2 heterocycles. The van der Waals surface area contributed by atoms with Gasteiger partial charge in [-0.2, -0.15) is 0 Å². The highest BCUT2D eigenvalue weighted by atomic mass is 79.9. The summed E-state index contributed by atoms with van der Waals surface area (Å²) in [5.41, 5.74) is 0.649. The van der Waals surface area contributed by atoms with Crippen LogP contribution < -0.4 is 10.2 Å². The molecule has 0 spiro atoms. The lowest BCUT2D eigenvalue weighted by Crippen LogP contribution is -2.41. The Morgan fingerprint density at radius 2 is 2.12 bits per heavy atom. The van der Waals surface area contributed by atoms with Crippen molar-refractivity contribution in [2.45, 2.75) is 26.2 Å². The molecule has 128 valence electrons. The number of benzene rings is 1. The Kier molecular flexibility index (Phi) is 5.33. The van der Waals surface area contributed by atoms with Crippen LogP contribution in [0.2, 0.25) is 0 Å². The summed E-state index contributed by atoms with van der Waals surface area (Å²) in [6.45, 7) is 4.38. The molecule has 1 amide bonds. The van der Waals surface area contributed by atoms with Gasteiger partial charge in [0.15, 0.2) is 0 Å². The fraction of sp³-hybridized carbons (Fsp3) is 0.444. The number of carbonyl (C=O) groups is 1. The molecule has 1 aliphatic heterocycles. The summed E-state index contributed by atoms with van der Waals surface area (Å²) in [5.74, 6) is 0.784. The van der Waals surface area contributed by atoms with Crippen LogP contribution in [0.4, 0.5) is 10.2 Å². The Hall–Kier alpha value is -1.69. The topological polar surface area (TPSA) is 45.2 Å². The standard InChI is InChI=1S/C18H21BrFN3O/c1-2-7-21-18(24)12-5-8-23(9-6-12)17-4-3-13-10-14(19)15(20)11-16(13)22-17/h3-4,10-12H,2,5-9H2,1H3,(H,21,24). The molecule has 0 bridgehead atoms. The van der Waals surface area contributed by atoms with Crippen LogP contribution in [0.5, 0.6) is 0 Å². The lowest BCUT2D eigenvalue weighted by Gasteiger charge is -2.32. The maximum atomic E-state index is 13.7. The Morgan fingerprint density at radius 3 is 2.83 bits per heavy atom. The summed E-state index contributed by atoms with van der Waals surface area (Å²) < 4.78 is 14.2. The van der Waals surface area contributed by atoms with E-state index in [2.05, 4.69) is 38.1 Å². The fourth-order valence-electron chi connectivity index (χ4n) is 3.05. The molecule has 0 unspecified atom stereocenters. The van der Waals surface area contributed by atoms with Gasteiger partial charge in [-0.25, -0.2) is 9.37 Å². The molecule has 0 atom stereocenters. The maximum Gasteiger partial charge on any atom is 0.223 e. The number of carbonyl (C=O) groups excluding carboxylic acids is 1. The van der Waals surface area contributed by atoms with Crippen LogP contribution in [0.1, 0.15) is 26.2 Å². The number of fused-ring (bicyclic) bond motifs is 1. The van der Waals surface area contributed by atoms with Crippen molar-refractivity contribution in [2.75, 3.05) is 24.5 Å². The summed E-state index contributed by atoms with van der Waals surface area (Å²) in [7, 11) is 0. The van der Waals surface area contributed by atoms with E-state index in [1.54, 1.807) is 6.07 Å². The van der Waals surface area contributed by atoms with Crippen molar-refractivity contribution < 1.29 is 9.18 Å². The normalized spacial score (nSPS) is 15.7. The third-order valence-electron chi connectivity index (χ3n) is 4.46. The Labute approximate surface area is 149 Å². The summed E-state index contributed by atoms with van der Waals surface area (Å²) >= 11 is 3.20. The number of hydrogen-bond acceptors (Lipinski definition) is 3. The van der Waals surface area contributed by atoms with Gasteiger partial charge in [0.1, 0.15) is 11.6 Å². The maximum absolute atomic E-state index is 13.7. The van der Waals surface area contributed by atoms with E-state index < -0.39 is 0 Å². The molecule has 2 aromatic rings. The fourth-order valence-corrected chi connectivity index (χ4v) is 3.41. The largest absolute Gasteiger partial charge is 0.357 e. The van der Waals surface area contributed by atoms with Gasteiger partial charge in [0.2, 0.25) is 5.91 Å². The van der Waals surface area contributed by atoms with E-state index in [4.69, 9.17) is 0 Å². The number of amides is 1. The minimum absolute atomic E-state index is 0.0849. The van der Waals surface area contributed by atoms with Crippen LogP contribution in [-0.2, 0) is 4.79 Å². The highest BCUT2D eigenvalue weighted by molar-refractivity contribution is 9.10. The van der Waals surface area contributed by atoms with Gasteiger partial charge < -0.3 is 10.2 Å². The van der Waals surface area contributed by atoms with Crippen LogP contribution in [0.25, 0.3) is 10.9 Å². The van der Waals surface area contributed by atoms with Crippen LogP contribution in [0.3, 0.4) is 0 Å². The number of halogens is 2. The number of hydrogen-bond donors (Lipinski definition) is 1. The van der Waals surface area contributed by atoms with E-state index in [9.17, 15) is 9.18 Å². The molecule has 0 aliphatic carbocycles. The second-order valence-electron chi connectivity index (χ2n) is 6.18. The molecule has 1 fully saturated rings. The van der Waals surface area contributed by atoms with Gasteiger partial charge in [0.05, 0.1) is 9.99 Å². The van der Waals surface area contributed by atoms with Crippen molar-refractivity contribution in [3.63, 3.8) is 0 Å². The zero-order valence-electron chi connectivity index (χ0n) is 13.7. The van der Waals surface area contributed by atoms with Crippen molar-refractivity contribution in [3.8, 4) is 0 Å². The molecule has 6 heteroatoms. The van der Waals surface area contributed by atoms with Crippen molar-refractivity contribution in [2.24, 2.45) is 5.92 Å². The van der Waals surface area contributed by atoms with E-state index >= 15 is 0 Å². The molecular formula is C18H21BrFN3O. The van der Waals surface area contributed by atoms with Gasteiger partial charge >= 0.3 is 0 Å². The van der Waals surface area contributed by atoms with E-state index in [-0.39, 0.29) is 17.6 Å². The van der Waals surface area contributed by atoms with E-state index in [0.29, 0.717) is 9.99 Å². The molecule has 1 saturated heterocycles. The number of rotatable bonds is 4. The monoisotopic (exact) mass is 393 g/mol. The van der Waals surface area contributed by atoms with E-state index in [1.165, 1.54) is 6.07 Å². The molecule has 24 heavy (non-hydrogen) atoms. The second-order valence-corrected chi connectivity index (χ2v) is 7.04. The van der Waals surface area contributed by atoms with Crippen LogP contribution in [-0.4, -0.2) is 30.5 Å². The first kappa shape index (κ1) is 17.1. The smallest absolute Gasteiger partial charge is 0.223 e. The summed E-state index contributed by atoms with van der Waals surface area (Å²) in [6, 6.07) is 7.12. The Bertz CT molecular complexity index is 744. The first-order valence-electron chi connectivity index (χ1n) is 8.37. The molecule has 1 N–H and O–H groups in total. The Balaban J connectivity index is 1.69. The second kappa shape index (κ2) is 7.47. The van der Waals surface area contributed by atoms with Crippen molar-refractivity contribution >= 4 is 38.6 Å². The van der Waals surface area contributed by atoms with E-state index in [0.717, 1.165) is 50.1 Å². The molecule has 1 aromatic heterocycles. The highest BCUT2D eigenvalue weighted by Gasteiger charge is 2.25. The zero-order valence-corrected chi connectivity index (χ0v) is 15.3. The molecule has 1 aliphatic rings. The average molecular weight is 394 g/mol. The van der Waals surface area contributed by atoms with Crippen molar-refractivity contribution in [1.82, 2.24) is 10.3 Å². The van der Waals surface area contributed by atoms with Crippen molar-refractivity contribution in [1.29, 1.82) is 0 Å². The number of pyridine rings is 1. The van der Waals surface area contributed by atoms with Gasteiger partial charge in [-0.1, -0.05) is 6.92 Å². The molecule has 0 saturated carbocycles. The quantitative estimate of drug-likeness (QED) is 0.856. The van der Waals surface area contributed by atoms with E-state index in [1.807, 2.05) is 12.1 Å². The molecule has 0 radical (unpaired) electrons. The van der Waals surface area contributed by atoms with Crippen LogP contribution >= 0.6 is 15.9 Å². The van der Waals surface area contributed by atoms with Gasteiger partial charge in [-0.3, -0.25) is 4.79 Å². The van der Waals surface area contributed by atoms with Crippen LogP contribution in [0, 0.1) is 11.7 Å². The predicted molar refractivity (Wildman–Crippen MR) is 97.6 cm³/mol. The molecule has 4 nitrogen and oxygen atoms in total. The summed E-state index contributed by atoms with van der Waals surface area (Å²) in [6.07, 6.45) is 2.60. The molecular weight excluding hydrogens is 373 g/mol. The van der Waals surface area contributed by atoms with Crippen molar-refractivity contribution in [3.05, 3.63) is 34.6 Å². The van der Waals surface area contributed by atoms with Crippen LogP contribution in [0.15, 0.2) is 28.7 Å². The minimum Gasteiger partial charge on any atom is -0.357 e. The van der Waals surface area contributed by atoms with Gasteiger partial charge in [-0.15, -0.1) is 0 Å². The van der Waals surface area contributed by atoms with Gasteiger partial charge in [0, 0.05) is 37.0 Å². The molecule has 1 aromatic carbocycles. The first-order chi connectivity index (χ1) is 11.6. The SMILES string of the molecule is CCCNC(=O)C1CCN(c2ccc3cc(Br)c(F)cc3n2)CC1. The zero-order chi connectivity index (χ0) is 17.1. The highest BCUT2D eigenvalue weighted by Crippen LogP contribution is 2.27. The number of nitrogens with one attached hydrogen (secondary N) is 1. The summed E-state index contributed by atoms with van der Waals surface area (Å²) in [4.78, 5) is 18.8. The van der Waals surface area contributed by atoms with Gasteiger partial charge in [-0.05, 0) is 53.4 Å². The third kappa shape index (κ3) is 3.69. The minimum atomic E-state index is -0.307. The number of aromatic nitrogens is 1. The Morgan fingerprint density at radius 1 is 1.38 bits per heavy atom. The first-order valence-corrected chi connectivity index (χ1v) is 9.16. The summed E-state index contributed by atoms with van der Waals surface area (Å²) in [5, 5.41) is 3.88. The predicted octanol–water partition coefficient (Wildman–Crippen LogP) is 3.88. The van der Waals surface area contributed by atoms with Gasteiger partial charge in [0.25, 0.3) is 0 Å². The number of nitrogens with zero attached hydrogens (tertiary/aromatic N) is 2. The number of piperidine rings is 1. The molecule has 3 rings (SSSR count). The lowest BCUT2D eigenvalue weighted by atomic mass is 9.96. The lowest BCUT2D eigenvalue weighted by molar-refractivity contribution is -0.125. The average Bonchev–Trinajstić information content (AvgIpc) is 2.60. The number of anilines is 1. The third-order valence-corrected chi connectivity index (χ3v) is 5.06.